The van der Waals surface area contributed by atoms with E-state index in [4.69, 9.17) is 16.3 Å². The number of amides is 1. The number of carbonyl (C=O) groups excluding carboxylic acids is 2. The molecule has 6 heteroatoms. The molecule has 1 unspecified atom stereocenters. The summed E-state index contributed by atoms with van der Waals surface area (Å²) >= 11 is 9.46. The summed E-state index contributed by atoms with van der Waals surface area (Å²) in [6, 6.07) is 4.67. The lowest BCUT2D eigenvalue weighted by atomic mass is 10.0. The second-order valence-electron chi connectivity index (χ2n) is 4.63. The summed E-state index contributed by atoms with van der Waals surface area (Å²) in [5, 5.41) is 0.367. The number of methoxy groups -OCH3 is 1. The molecule has 108 valence electrons. The van der Waals surface area contributed by atoms with Gasteiger partial charge in [0.25, 0.3) is 5.91 Å². The van der Waals surface area contributed by atoms with Crippen LogP contribution >= 0.6 is 27.5 Å². The van der Waals surface area contributed by atoms with Crippen LogP contribution in [0.1, 0.15) is 29.6 Å². The zero-order valence-electron chi connectivity index (χ0n) is 11.1. The van der Waals surface area contributed by atoms with Crippen molar-refractivity contribution < 1.29 is 14.3 Å². The Labute approximate surface area is 131 Å². The van der Waals surface area contributed by atoms with Gasteiger partial charge in [-0.1, -0.05) is 17.7 Å². The first kappa shape index (κ1) is 15.3. The molecule has 0 aliphatic carbocycles. The fourth-order valence-corrected chi connectivity index (χ4v) is 2.95. The van der Waals surface area contributed by atoms with Gasteiger partial charge in [0.2, 0.25) is 0 Å². The number of hydrogen-bond donors (Lipinski definition) is 0. The molecule has 1 aliphatic rings. The second-order valence-corrected chi connectivity index (χ2v) is 5.87. The summed E-state index contributed by atoms with van der Waals surface area (Å²) in [5.41, 5.74) is 0.400. The van der Waals surface area contributed by atoms with E-state index in [1.165, 1.54) is 7.11 Å². The number of esters is 1. The van der Waals surface area contributed by atoms with Crippen LogP contribution in [0.5, 0.6) is 0 Å². The molecule has 0 spiro atoms. The first-order valence-electron chi connectivity index (χ1n) is 6.39. The Kier molecular flexibility index (Phi) is 5.05. The fourth-order valence-electron chi connectivity index (χ4n) is 2.38. The van der Waals surface area contributed by atoms with Gasteiger partial charge >= 0.3 is 5.97 Å². The summed E-state index contributed by atoms with van der Waals surface area (Å²) in [4.78, 5) is 26.0. The molecule has 0 saturated carbocycles. The van der Waals surface area contributed by atoms with Crippen LogP contribution in [0.4, 0.5) is 0 Å². The van der Waals surface area contributed by atoms with Crippen molar-refractivity contribution in [2.24, 2.45) is 0 Å². The van der Waals surface area contributed by atoms with Crippen LogP contribution in [0.3, 0.4) is 0 Å². The highest BCUT2D eigenvalue weighted by atomic mass is 79.9. The van der Waals surface area contributed by atoms with Crippen LogP contribution in [0.2, 0.25) is 5.02 Å². The molecule has 0 radical (unpaired) electrons. The predicted octanol–water partition coefficient (Wildman–Crippen LogP) is 3.27. The van der Waals surface area contributed by atoms with Gasteiger partial charge in [-0.25, -0.2) is 4.79 Å². The highest BCUT2D eigenvalue weighted by Gasteiger charge is 2.34. The molecule has 4 nitrogen and oxygen atoms in total. The largest absolute Gasteiger partial charge is 0.467 e. The van der Waals surface area contributed by atoms with E-state index in [-0.39, 0.29) is 11.9 Å². The maximum absolute atomic E-state index is 12.6. The van der Waals surface area contributed by atoms with Crippen molar-refractivity contribution >= 4 is 39.4 Å². The molecule has 0 bridgehead atoms. The molecule has 1 aromatic carbocycles. The van der Waals surface area contributed by atoms with Gasteiger partial charge in [-0.15, -0.1) is 0 Å². The number of carbonyl (C=O) groups is 2. The van der Waals surface area contributed by atoms with Crippen molar-refractivity contribution in [1.29, 1.82) is 0 Å². The lowest BCUT2D eigenvalue weighted by Gasteiger charge is -2.34. The number of halogens is 2. The van der Waals surface area contributed by atoms with E-state index in [0.29, 0.717) is 28.0 Å². The molecule has 0 aromatic heterocycles. The zero-order chi connectivity index (χ0) is 14.7. The Balaban J connectivity index is 2.30. The average Bonchev–Trinajstić information content (AvgIpc) is 2.48. The third-order valence-corrected chi connectivity index (χ3v) is 4.72. The van der Waals surface area contributed by atoms with Gasteiger partial charge in [0.1, 0.15) is 6.04 Å². The topological polar surface area (TPSA) is 46.6 Å². The maximum atomic E-state index is 12.6. The van der Waals surface area contributed by atoms with Gasteiger partial charge in [0.15, 0.2) is 0 Å². The molecule has 1 aliphatic heterocycles. The van der Waals surface area contributed by atoms with Crippen LogP contribution in [0.25, 0.3) is 0 Å². The van der Waals surface area contributed by atoms with Crippen LogP contribution in [0.15, 0.2) is 22.7 Å². The molecule has 1 amide bonds. The molecule has 2 rings (SSSR count). The first-order valence-corrected chi connectivity index (χ1v) is 7.56. The number of nitrogens with zero attached hydrogens (tertiary/aromatic N) is 1. The van der Waals surface area contributed by atoms with Gasteiger partial charge in [0.05, 0.1) is 17.7 Å². The zero-order valence-corrected chi connectivity index (χ0v) is 13.4. The fraction of sp³-hybridized carbons (Fsp3) is 0.429. The van der Waals surface area contributed by atoms with Crippen LogP contribution in [0, 0.1) is 0 Å². The first-order chi connectivity index (χ1) is 9.56. The smallest absolute Gasteiger partial charge is 0.328 e. The van der Waals surface area contributed by atoms with Crippen molar-refractivity contribution in [3.05, 3.63) is 33.3 Å². The van der Waals surface area contributed by atoms with E-state index in [9.17, 15) is 9.59 Å². The molecule has 1 atom stereocenters. The van der Waals surface area contributed by atoms with E-state index in [1.807, 2.05) is 0 Å². The number of ether oxygens (including phenoxy) is 1. The summed E-state index contributed by atoms with van der Waals surface area (Å²) in [6.07, 6.45) is 2.42. The molecular weight excluding hydrogens is 346 g/mol. The summed E-state index contributed by atoms with van der Waals surface area (Å²) < 4.78 is 5.45. The second kappa shape index (κ2) is 6.59. The van der Waals surface area contributed by atoms with Crippen LogP contribution < -0.4 is 0 Å². The SMILES string of the molecule is COC(=O)C1CCCCN1C(=O)c1cccc(Br)c1Cl. The highest BCUT2D eigenvalue weighted by Crippen LogP contribution is 2.29. The predicted molar refractivity (Wildman–Crippen MR) is 79.8 cm³/mol. The van der Waals surface area contributed by atoms with Gasteiger partial charge in [-0.2, -0.15) is 0 Å². The third-order valence-electron chi connectivity index (χ3n) is 3.42. The summed E-state index contributed by atoms with van der Waals surface area (Å²) in [7, 11) is 1.34. The number of piperidine rings is 1. The van der Waals surface area contributed by atoms with Gasteiger partial charge in [0, 0.05) is 11.0 Å². The molecule has 1 heterocycles. The van der Waals surface area contributed by atoms with Crippen molar-refractivity contribution in [1.82, 2.24) is 4.90 Å². The molecular formula is C14H15BrClNO3. The third kappa shape index (κ3) is 2.99. The minimum Gasteiger partial charge on any atom is -0.467 e. The quantitative estimate of drug-likeness (QED) is 0.761. The lowest BCUT2D eigenvalue weighted by molar-refractivity contribution is -0.147. The molecule has 20 heavy (non-hydrogen) atoms. The monoisotopic (exact) mass is 359 g/mol. The Morgan fingerprint density at radius 2 is 2.15 bits per heavy atom. The minimum atomic E-state index is -0.517. The van der Waals surface area contributed by atoms with Crippen molar-refractivity contribution in [2.75, 3.05) is 13.7 Å². The van der Waals surface area contributed by atoms with Gasteiger partial charge in [-0.05, 0) is 47.3 Å². The van der Waals surface area contributed by atoms with E-state index in [0.717, 1.165) is 12.8 Å². The van der Waals surface area contributed by atoms with E-state index in [2.05, 4.69) is 15.9 Å². The Hall–Kier alpha value is -1.07. The molecule has 1 aromatic rings. The standard InChI is InChI=1S/C14H15BrClNO3/c1-20-14(19)11-7-2-3-8-17(11)13(18)9-5-4-6-10(15)12(9)16/h4-6,11H,2-3,7-8H2,1H3. The lowest BCUT2D eigenvalue weighted by Crippen LogP contribution is -2.48. The van der Waals surface area contributed by atoms with Crippen molar-refractivity contribution in [3.63, 3.8) is 0 Å². The number of hydrogen-bond acceptors (Lipinski definition) is 3. The van der Waals surface area contributed by atoms with E-state index < -0.39 is 6.04 Å². The number of likely N-dealkylation sites (tertiary alicyclic amines) is 1. The molecule has 0 N–H and O–H groups in total. The minimum absolute atomic E-state index is 0.230. The Morgan fingerprint density at radius 1 is 1.40 bits per heavy atom. The molecule has 1 saturated heterocycles. The Bertz CT molecular complexity index is 535. The average molecular weight is 361 g/mol. The van der Waals surface area contributed by atoms with E-state index >= 15 is 0 Å². The van der Waals surface area contributed by atoms with E-state index in [1.54, 1.807) is 23.1 Å². The summed E-state index contributed by atoms with van der Waals surface area (Å²) in [6.45, 7) is 0.543. The van der Waals surface area contributed by atoms with Crippen molar-refractivity contribution in [3.8, 4) is 0 Å². The van der Waals surface area contributed by atoms with Gasteiger partial charge in [-0.3, -0.25) is 4.79 Å². The maximum Gasteiger partial charge on any atom is 0.328 e. The normalized spacial score (nSPS) is 18.8. The van der Waals surface area contributed by atoms with Crippen LogP contribution in [-0.4, -0.2) is 36.5 Å². The molecule has 1 fully saturated rings. The van der Waals surface area contributed by atoms with Crippen molar-refractivity contribution in [2.45, 2.75) is 25.3 Å². The number of rotatable bonds is 2. The summed E-state index contributed by atoms with van der Waals surface area (Å²) in [5.74, 6) is -0.601. The Morgan fingerprint density at radius 3 is 2.85 bits per heavy atom. The van der Waals surface area contributed by atoms with Crippen LogP contribution in [-0.2, 0) is 9.53 Å². The number of benzene rings is 1. The highest BCUT2D eigenvalue weighted by molar-refractivity contribution is 9.10. The van der Waals surface area contributed by atoms with Gasteiger partial charge < -0.3 is 9.64 Å².